The quantitative estimate of drug-likeness (QED) is 0.843. The lowest BCUT2D eigenvalue weighted by atomic mass is 10.1. The van der Waals surface area contributed by atoms with Crippen LogP contribution in [0.4, 0.5) is 4.39 Å². The van der Waals surface area contributed by atoms with Crippen molar-refractivity contribution >= 4 is 12.6 Å². The summed E-state index contributed by atoms with van der Waals surface area (Å²) in [6, 6.07) is 10.0. The number of aromatic nitrogens is 1. The highest BCUT2D eigenvalue weighted by Gasteiger charge is 2.14. The minimum absolute atomic E-state index is 0.0174. The van der Waals surface area contributed by atoms with Gasteiger partial charge in [-0.2, -0.15) is 12.6 Å². The van der Waals surface area contributed by atoms with E-state index in [1.807, 2.05) is 19.9 Å². The van der Waals surface area contributed by atoms with Crippen LogP contribution in [0.5, 0.6) is 0 Å². The third-order valence-electron chi connectivity index (χ3n) is 3.54. The van der Waals surface area contributed by atoms with Gasteiger partial charge in [-0.1, -0.05) is 13.0 Å². The summed E-state index contributed by atoms with van der Waals surface area (Å²) in [6.07, 6.45) is 0.851. The molecule has 0 saturated carbocycles. The second-order valence-corrected chi connectivity index (χ2v) is 5.16. The van der Waals surface area contributed by atoms with Gasteiger partial charge in [0.15, 0.2) is 0 Å². The molecule has 1 aromatic heterocycles. The topological polar surface area (TPSA) is 22.0 Å². The van der Waals surface area contributed by atoms with Gasteiger partial charge in [0.1, 0.15) is 5.82 Å². The Morgan fingerprint density at radius 2 is 1.85 bits per heavy atom. The third kappa shape index (κ3) is 2.80. The van der Waals surface area contributed by atoms with E-state index >= 15 is 0 Å². The zero-order valence-corrected chi connectivity index (χ0v) is 12.5. The molecule has 2 aromatic rings. The highest BCUT2D eigenvalue weighted by Crippen LogP contribution is 2.23. The summed E-state index contributed by atoms with van der Waals surface area (Å²) in [5, 5.41) is 0. The van der Waals surface area contributed by atoms with Gasteiger partial charge in [-0.3, -0.25) is 4.79 Å². The van der Waals surface area contributed by atoms with E-state index in [9.17, 15) is 9.18 Å². The molecule has 1 atom stereocenters. The number of benzene rings is 1. The molecule has 2 nitrogen and oxygen atoms in total. The minimum atomic E-state index is -0.279. The van der Waals surface area contributed by atoms with Crippen LogP contribution in [-0.4, -0.2) is 4.57 Å². The van der Waals surface area contributed by atoms with Crippen molar-refractivity contribution in [1.82, 2.24) is 4.57 Å². The summed E-state index contributed by atoms with van der Waals surface area (Å²) in [5.74, 6) is 0.136. The third-order valence-corrected chi connectivity index (χ3v) is 3.88. The molecular formula is C16H18FNOS. The molecule has 106 valence electrons. The van der Waals surface area contributed by atoms with Gasteiger partial charge in [-0.05, 0) is 49.2 Å². The summed E-state index contributed by atoms with van der Waals surface area (Å²) >= 11 is 4.20. The second-order valence-electron chi connectivity index (χ2n) is 4.84. The van der Waals surface area contributed by atoms with Gasteiger partial charge >= 0.3 is 0 Å². The van der Waals surface area contributed by atoms with Crippen LogP contribution in [0.25, 0.3) is 11.3 Å². The first kappa shape index (κ1) is 14.9. The Bertz CT molecular complexity index is 649. The van der Waals surface area contributed by atoms with Crippen molar-refractivity contribution in [3.05, 3.63) is 58.1 Å². The van der Waals surface area contributed by atoms with Gasteiger partial charge in [0.25, 0.3) is 5.56 Å². The molecule has 4 heteroatoms. The van der Waals surface area contributed by atoms with Crippen molar-refractivity contribution in [2.75, 3.05) is 0 Å². The van der Waals surface area contributed by atoms with Gasteiger partial charge in [0.05, 0.1) is 5.69 Å². The van der Waals surface area contributed by atoms with Crippen LogP contribution in [-0.2, 0) is 5.75 Å². The molecule has 0 radical (unpaired) electrons. The van der Waals surface area contributed by atoms with Gasteiger partial charge in [0.2, 0.25) is 0 Å². The lowest BCUT2D eigenvalue weighted by molar-refractivity contribution is 0.517. The van der Waals surface area contributed by atoms with Crippen molar-refractivity contribution in [1.29, 1.82) is 0 Å². The number of rotatable bonds is 4. The lowest BCUT2D eigenvalue weighted by Crippen LogP contribution is -2.27. The molecule has 0 amide bonds. The normalized spacial score (nSPS) is 12.4. The molecule has 0 spiro atoms. The summed E-state index contributed by atoms with van der Waals surface area (Å²) < 4.78 is 14.8. The fraction of sp³-hybridized carbons (Fsp3) is 0.312. The van der Waals surface area contributed by atoms with E-state index in [4.69, 9.17) is 0 Å². The molecule has 0 aliphatic heterocycles. The largest absolute Gasteiger partial charge is 0.305 e. The van der Waals surface area contributed by atoms with Crippen LogP contribution in [0.1, 0.15) is 31.9 Å². The van der Waals surface area contributed by atoms with E-state index in [-0.39, 0.29) is 17.4 Å². The first-order chi connectivity index (χ1) is 9.58. The van der Waals surface area contributed by atoms with Crippen molar-refractivity contribution < 1.29 is 4.39 Å². The first-order valence-electron chi connectivity index (χ1n) is 6.69. The summed E-state index contributed by atoms with van der Waals surface area (Å²) in [5.41, 5.74) is 2.32. The van der Waals surface area contributed by atoms with E-state index in [0.717, 1.165) is 17.7 Å². The maximum atomic E-state index is 13.0. The maximum absolute atomic E-state index is 13.0. The Kier molecular flexibility index (Phi) is 4.65. The smallest absolute Gasteiger partial charge is 0.255 e. The van der Waals surface area contributed by atoms with Crippen LogP contribution in [0.3, 0.4) is 0 Å². The second kappa shape index (κ2) is 6.27. The Balaban J connectivity index is 2.66. The molecule has 0 aliphatic carbocycles. The predicted molar refractivity (Wildman–Crippen MR) is 83.8 cm³/mol. The molecule has 1 heterocycles. The molecular weight excluding hydrogens is 273 g/mol. The molecule has 0 N–H and O–H groups in total. The van der Waals surface area contributed by atoms with Crippen LogP contribution in [0.15, 0.2) is 41.2 Å². The molecule has 0 saturated heterocycles. The van der Waals surface area contributed by atoms with Crippen molar-refractivity contribution in [2.45, 2.75) is 32.1 Å². The predicted octanol–water partition coefficient (Wildman–Crippen LogP) is 4.06. The van der Waals surface area contributed by atoms with Gasteiger partial charge in [-0.15, -0.1) is 0 Å². The summed E-state index contributed by atoms with van der Waals surface area (Å²) in [7, 11) is 0. The van der Waals surface area contributed by atoms with Gasteiger partial charge in [0, 0.05) is 17.4 Å². The lowest BCUT2D eigenvalue weighted by Gasteiger charge is -2.19. The van der Waals surface area contributed by atoms with E-state index in [2.05, 4.69) is 12.6 Å². The van der Waals surface area contributed by atoms with Gasteiger partial charge in [-0.25, -0.2) is 4.39 Å². The van der Waals surface area contributed by atoms with Gasteiger partial charge < -0.3 is 4.57 Å². The highest BCUT2D eigenvalue weighted by molar-refractivity contribution is 7.79. The van der Waals surface area contributed by atoms with Crippen LogP contribution in [0, 0.1) is 5.82 Å². The fourth-order valence-electron chi connectivity index (χ4n) is 2.19. The number of halogens is 1. The standard InChI is InChI=1S/C16H18FNOS/c1-3-11(2)18-15(9-6-13(10-20)16(18)19)12-4-7-14(17)8-5-12/h4-9,11,20H,3,10H2,1-2H3. The molecule has 1 aromatic carbocycles. The van der Waals surface area contributed by atoms with Crippen molar-refractivity contribution in [3.63, 3.8) is 0 Å². The Morgan fingerprint density at radius 3 is 2.40 bits per heavy atom. The Labute approximate surface area is 123 Å². The molecule has 0 fully saturated rings. The average molecular weight is 291 g/mol. The maximum Gasteiger partial charge on any atom is 0.255 e. The monoisotopic (exact) mass is 291 g/mol. The molecule has 20 heavy (non-hydrogen) atoms. The summed E-state index contributed by atoms with van der Waals surface area (Å²) in [6.45, 7) is 4.05. The molecule has 0 aliphatic rings. The van der Waals surface area contributed by atoms with Crippen molar-refractivity contribution in [2.24, 2.45) is 0 Å². The van der Waals surface area contributed by atoms with Crippen LogP contribution < -0.4 is 5.56 Å². The van der Waals surface area contributed by atoms with E-state index < -0.39 is 0 Å². The van der Waals surface area contributed by atoms with E-state index in [1.54, 1.807) is 22.8 Å². The van der Waals surface area contributed by atoms with E-state index in [0.29, 0.717) is 11.3 Å². The molecule has 0 bridgehead atoms. The minimum Gasteiger partial charge on any atom is -0.305 e. The first-order valence-corrected chi connectivity index (χ1v) is 7.33. The highest BCUT2D eigenvalue weighted by atomic mass is 32.1. The summed E-state index contributed by atoms with van der Waals surface area (Å²) in [4.78, 5) is 12.5. The molecule has 2 rings (SSSR count). The zero-order chi connectivity index (χ0) is 14.7. The zero-order valence-electron chi connectivity index (χ0n) is 11.6. The number of thiol groups is 1. The Morgan fingerprint density at radius 1 is 1.20 bits per heavy atom. The number of hydrogen-bond donors (Lipinski definition) is 1. The fourth-order valence-corrected chi connectivity index (χ4v) is 2.43. The van der Waals surface area contributed by atoms with Crippen LogP contribution >= 0.6 is 12.6 Å². The number of hydrogen-bond acceptors (Lipinski definition) is 2. The van der Waals surface area contributed by atoms with Crippen molar-refractivity contribution in [3.8, 4) is 11.3 Å². The van der Waals surface area contributed by atoms with Crippen LogP contribution in [0.2, 0.25) is 0 Å². The van der Waals surface area contributed by atoms with E-state index in [1.165, 1.54) is 12.1 Å². The Hall–Kier alpha value is -1.55. The number of pyridine rings is 1. The average Bonchev–Trinajstić information content (AvgIpc) is 2.47. The molecule has 1 unspecified atom stereocenters. The number of nitrogens with zero attached hydrogens (tertiary/aromatic N) is 1. The SMILES string of the molecule is CCC(C)n1c(-c2ccc(F)cc2)ccc(CS)c1=O.